The van der Waals surface area contributed by atoms with Crippen molar-refractivity contribution in [2.24, 2.45) is 0 Å². The molecule has 2 fully saturated rings. The number of aliphatic hydroxyl groups excluding tert-OH is 2. The highest BCUT2D eigenvalue weighted by Gasteiger charge is 2.33. The lowest BCUT2D eigenvalue weighted by molar-refractivity contribution is -0.131. The molecule has 3 atom stereocenters. The standard InChI is InChI=1S/C29H33N3O5S2/c1-19(28(17-30)39(35,36)31-18-25-29(34)24(33)11-14-37-25)26-9-10-27(38-26)22-6-5-21-16-23(8-7-20(21)15-22)32-12-3-2-4-13-32/h5-10,15-16,24-25,29,31,33-34H,2-4,11-14,18H2,1H3/b28-19+/t24-,25-,29+/m1/s1. The van der Waals surface area contributed by atoms with Gasteiger partial charge in [0.15, 0.2) is 4.91 Å². The van der Waals surface area contributed by atoms with E-state index in [1.165, 1.54) is 41.7 Å². The summed E-state index contributed by atoms with van der Waals surface area (Å²) in [5, 5.41) is 32.0. The van der Waals surface area contributed by atoms with Crippen LogP contribution in [0.2, 0.25) is 0 Å². The van der Waals surface area contributed by atoms with Crippen LogP contribution in [0.5, 0.6) is 0 Å². The van der Waals surface area contributed by atoms with Gasteiger partial charge in [-0.25, -0.2) is 13.1 Å². The SMILES string of the molecule is C/C(=C(/C#N)S(=O)(=O)NC[C@H]1OCC[C@@H](O)[C@@H]1O)c1ccc(-c2ccc3cc(N4CCCCC4)ccc3c2)s1. The second-order valence-corrected chi connectivity index (χ2v) is 12.9. The number of nitriles is 1. The summed E-state index contributed by atoms with van der Waals surface area (Å²) in [6, 6.07) is 18.5. The molecule has 2 aliphatic rings. The molecule has 1 aromatic heterocycles. The van der Waals surface area contributed by atoms with E-state index in [-0.39, 0.29) is 24.5 Å². The molecule has 0 aliphatic carbocycles. The minimum absolute atomic E-state index is 0.219. The molecule has 206 valence electrons. The van der Waals surface area contributed by atoms with Crippen LogP contribution >= 0.6 is 11.3 Å². The Morgan fingerprint density at radius 1 is 1.10 bits per heavy atom. The van der Waals surface area contributed by atoms with Crippen LogP contribution < -0.4 is 9.62 Å². The largest absolute Gasteiger partial charge is 0.390 e. The number of benzene rings is 2. The normalized spacial score (nSPS) is 22.9. The fraction of sp³-hybridized carbons (Fsp3) is 0.414. The number of allylic oxidation sites excluding steroid dienone is 2. The van der Waals surface area contributed by atoms with E-state index < -0.39 is 28.3 Å². The second kappa shape index (κ2) is 11.8. The summed E-state index contributed by atoms with van der Waals surface area (Å²) in [5.41, 5.74) is 2.63. The minimum atomic E-state index is -4.16. The minimum Gasteiger partial charge on any atom is -0.390 e. The molecule has 39 heavy (non-hydrogen) atoms. The maximum Gasteiger partial charge on any atom is 0.251 e. The van der Waals surface area contributed by atoms with E-state index in [1.807, 2.05) is 18.2 Å². The third-order valence-corrected chi connectivity index (χ3v) is 10.2. The molecule has 5 rings (SSSR count). The molecule has 2 saturated heterocycles. The van der Waals surface area contributed by atoms with Crippen LogP contribution in [0.1, 0.15) is 37.5 Å². The van der Waals surface area contributed by atoms with Crippen molar-refractivity contribution in [2.45, 2.75) is 50.9 Å². The van der Waals surface area contributed by atoms with Crippen molar-refractivity contribution < 1.29 is 23.4 Å². The zero-order valence-corrected chi connectivity index (χ0v) is 23.5. The zero-order chi connectivity index (χ0) is 27.6. The van der Waals surface area contributed by atoms with Crippen LogP contribution in [0, 0.1) is 11.3 Å². The second-order valence-electron chi connectivity index (χ2n) is 10.1. The Kier molecular flexibility index (Phi) is 8.38. The summed E-state index contributed by atoms with van der Waals surface area (Å²) in [4.78, 5) is 3.71. The van der Waals surface area contributed by atoms with Gasteiger partial charge in [0.05, 0.1) is 12.2 Å². The predicted molar refractivity (Wildman–Crippen MR) is 155 cm³/mol. The maximum atomic E-state index is 13.0. The van der Waals surface area contributed by atoms with Crippen molar-refractivity contribution in [3.05, 3.63) is 58.3 Å². The number of aliphatic hydroxyl groups is 2. The maximum absolute atomic E-state index is 13.0. The first kappa shape index (κ1) is 27.8. The molecule has 0 spiro atoms. The summed E-state index contributed by atoms with van der Waals surface area (Å²) in [5.74, 6) is 0. The molecule has 3 N–H and O–H groups in total. The number of anilines is 1. The number of piperidine rings is 1. The lowest BCUT2D eigenvalue weighted by atomic mass is 10.0. The average Bonchev–Trinajstić information content (AvgIpc) is 3.44. The summed E-state index contributed by atoms with van der Waals surface area (Å²) in [6.45, 7) is 3.79. The van der Waals surface area contributed by atoms with Gasteiger partial charge in [0, 0.05) is 41.7 Å². The van der Waals surface area contributed by atoms with E-state index in [0.29, 0.717) is 10.5 Å². The molecule has 0 saturated carbocycles. The molecule has 2 aromatic carbocycles. The van der Waals surface area contributed by atoms with E-state index in [9.17, 15) is 23.9 Å². The van der Waals surface area contributed by atoms with Gasteiger partial charge in [0.2, 0.25) is 0 Å². The van der Waals surface area contributed by atoms with Crippen LogP contribution in [-0.4, -0.2) is 63.2 Å². The molecule has 2 aliphatic heterocycles. The lowest BCUT2D eigenvalue weighted by Gasteiger charge is -2.31. The number of sulfonamides is 1. The third-order valence-electron chi connectivity index (χ3n) is 7.51. The number of hydrogen-bond acceptors (Lipinski definition) is 8. The van der Waals surface area contributed by atoms with Crippen molar-refractivity contribution in [1.29, 1.82) is 5.26 Å². The van der Waals surface area contributed by atoms with Gasteiger partial charge in [-0.3, -0.25) is 0 Å². The van der Waals surface area contributed by atoms with Crippen LogP contribution in [0.15, 0.2) is 53.4 Å². The average molecular weight is 568 g/mol. The molecular weight excluding hydrogens is 534 g/mol. The monoisotopic (exact) mass is 567 g/mol. The van der Waals surface area contributed by atoms with Gasteiger partial charge >= 0.3 is 0 Å². The highest BCUT2D eigenvalue weighted by atomic mass is 32.2. The van der Waals surface area contributed by atoms with Crippen molar-refractivity contribution in [3.8, 4) is 16.5 Å². The molecule has 10 heteroatoms. The number of nitrogens with one attached hydrogen (secondary N) is 1. The van der Waals surface area contributed by atoms with Crippen molar-refractivity contribution >= 4 is 43.4 Å². The molecule has 3 heterocycles. The smallest absolute Gasteiger partial charge is 0.251 e. The molecular formula is C29H33N3O5S2. The first-order valence-electron chi connectivity index (χ1n) is 13.2. The summed E-state index contributed by atoms with van der Waals surface area (Å²) in [6.07, 6.45) is 0.989. The van der Waals surface area contributed by atoms with E-state index in [1.54, 1.807) is 6.92 Å². The van der Waals surface area contributed by atoms with Crippen LogP contribution in [0.25, 0.3) is 26.8 Å². The number of rotatable bonds is 7. The van der Waals surface area contributed by atoms with Gasteiger partial charge < -0.3 is 19.8 Å². The quantitative estimate of drug-likeness (QED) is 0.365. The summed E-state index contributed by atoms with van der Waals surface area (Å²) in [7, 11) is -4.16. The molecule has 3 aromatic rings. The Hall–Kier alpha value is -2.78. The molecule has 0 amide bonds. The summed E-state index contributed by atoms with van der Waals surface area (Å²) < 4.78 is 33.7. The Labute approximate surface area is 233 Å². The van der Waals surface area contributed by atoms with Crippen molar-refractivity contribution in [2.75, 3.05) is 31.1 Å². The zero-order valence-electron chi connectivity index (χ0n) is 21.8. The van der Waals surface area contributed by atoms with Crippen LogP contribution in [0.3, 0.4) is 0 Å². The lowest BCUT2D eigenvalue weighted by Crippen LogP contribution is -2.49. The Morgan fingerprint density at radius 2 is 1.85 bits per heavy atom. The van der Waals surface area contributed by atoms with Crippen LogP contribution in [0.4, 0.5) is 5.69 Å². The van der Waals surface area contributed by atoms with Gasteiger partial charge in [-0.1, -0.05) is 18.2 Å². The van der Waals surface area contributed by atoms with E-state index in [0.717, 1.165) is 28.9 Å². The van der Waals surface area contributed by atoms with E-state index in [2.05, 4.69) is 46.0 Å². The molecule has 0 radical (unpaired) electrons. The number of fused-ring (bicyclic) bond motifs is 1. The Bertz CT molecular complexity index is 1520. The Morgan fingerprint density at radius 3 is 2.62 bits per heavy atom. The van der Waals surface area contributed by atoms with Gasteiger partial charge in [0.25, 0.3) is 10.0 Å². The molecule has 0 unspecified atom stereocenters. The van der Waals surface area contributed by atoms with Crippen molar-refractivity contribution in [1.82, 2.24) is 4.72 Å². The predicted octanol–water partition coefficient (Wildman–Crippen LogP) is 4.24. The molecule has 8 nitrogen and oxygen atoms in total. The molecule has 0 bridgehead atoms. The van der Waals surface area contributed by atoms with E-state index in [4.69, 9.17) is 4.74 Å². The first-order chi connectivity index (χ1) is 18.8. The number of thiophene rings is 1. The summed E-state index contributed by atoms with van der Waals surface area (Å²) >= 11 is 1.43. The van der Waals surface area contributed by atoms with E-state index >= 15 is 0 Å². The first-order valence-corrected chi connectivity index (χ1v) is 15.5. The Balaban J connectivity index is 1.34. The van der Waals surface area contributed by atoms with Gasteiger partial charge in [-0.15, -0.1) is 11.3 Å². The van der Waals surface area contributed by atoms with Gasteiger partial charge in [-0.05, 0) is 84.8 Å². The highest BCUT2D eigenvalue weighted by molar-refractivity contribution is 7.93. The number of nitrogens with zero attached hydrogens (tertiary/aromatic N) is 2. The van der Waals surface area contributed by atoms with Gasteiger partial charge in [-0.2, -0.15) is 5.26 Å². The number of hydrogen-bond donors (Lipinski definition) is 3. The van der Waals surface area contributed by atoms with Gasteiger partial charge in [0.1, 0.15) is 12.2 Å². The number of ether oxygens (including phenoxy) is 1. The van der Waals surface area contributed by atoms with Crippen LogP contribution in [-0.2, 0) is 14.8 Å². The van der Waals surface area contributed by atoms with Crippen molar-refractivity contribution in [3.63, 3.8) is 0 Å². The fourth-order valence-electron chi connectivity index (χ4n) is 5.19. The fourth-order valence-corrected chi connectivity index (χ4v) is 7.42. The third kappa shape index (κ3) is 6.04. The highest BCUT2D eigenvalue weighted by Crippen LogP contribution is 2.36. The topological polar surface area (TPSA) is 123 Å².